The Kier molecular flexibility index (Phi) is 3.62. The van der Waals surface area contributed by atoms with E-state index in [0.29, 0.717) is 11.5 Å². The van der Waals surface area contributed by atoms with Crippen LogP contribution in [-0.4, -0.2) is 16.1 Å². The summed E-state index contributed by atoms with van der Waals surface area (Å²) in [6.45, 7) is 3.80. The van der Waals surface area contributed by atoms with E-state index >= 15 is 0 Å². The number of carboxylic acid groups (broad SMARTS) is 1. The first-order valence-electron chi connectivity index (χ1n) is 5.57. The van der Waals surface area contributed by atoms with Crippen LogP contribution in [0.5, 0.6) is 0 Å². The molecular formula is C13H14N2O2S. The highest BCUT2D eigenvalue weighted by molar-refractivity contribution is 7.07. The van der Waals surface area contributed by atoms with Crippen molar-refractivity contribution in [3.63, 3.8) is 0 Å². The molecule has 2 rings (SSSR count). The van der Waals surface area contributed by atoms with E-state index in [9.17, 15) is 4.79 Å². The number of nitrogens with zero attached hydrogens (tertiary/aromatic N) is 1. The molecule has 4 nitrogen and oxygen atoms in total. The number of anilines is 1. The van der Waals surface area contributed by atoms with Crippen molar-refractivity contribution < 1.29 is 9.90 Å². The number of aromatic nitrogens is 1. The van der Waals surface area contributed by atoms with Gasteiger partial charge in [0.2, 0.25) is 0 Å². The molecule has 0 fully saturated rings. The third-order valence-corrected chi connectivity index (χ3v) is 3.31. The van der Waals surface area contributed by atoms with E-state index < -0.39 is 5.97 Å². The fraction of sp³-hybridized carbons (Fsp3) is 0.231. The first kappa shape index (κ1) is 12.6. The Balaban J connectivity index is 2.21. The van der Waals surface area contributed by atoms with Crippen molar-refractivity contribution in [2.45, 2.75) is 19.9 Å². The quantitative estimate of drug-likeness (QED) is 0.887. The lowest BCUT2D eigenvalue weighted by Gasteiger charge is -2.14. The number of carboxylic acids is 1. The monoisotopic (exact) mass is 262 g/mol. The maximum Gasteiger partial charge on any atom is 0.335 e. The molecule has 0 bridgehead atoms. The van der Waals surface area contributed by atoms with Crippen molar-refractivity contribution in [2.24, 2.45) is 0 Å². The van der Waals surface area contributed by atoms with Crippen LogP contribution in [0.2, 0.25) is 0 Å². The van der Waals surface area contributed by atoms with Crippen LogP contribution >= 0.6 is 11.3 Å². The van der Waals surface area contributed by atoms with Gasteiger partial charge in [-0.15, -0.1) is 0 Å². The predicted molar refractivity (Wildman–Crippen MR) is 72.3 cm³/mol. The molecule has 0 aliphatic heterocycles. The Labute approximate surface area is 109 Å². The van der Waals surface area contributed by atoms with Gasteiger partial charge in [0.25, 0.3) is 0 Å². The van der Waals surface area contributed by atoms with E-state index in [1.165, 1.54) is 5.56 Å². The number of aromatic carboxylic acids is 1. The van der Waals surface area contributed by atoms with Gasteiger partial charge in [0.05, 0.1) is 11.6 Å². The minimum atomic E-state index is -0.938. The second kappa shape index (κ2) is 5.18. The van der Waals surface area contributed by atoms with E-state index in [1.807, 2.05) is 18.4 Å². The number of hydrogen-bond acceptors (Lipinski definition) is 4. The van der Waals surface area contributed by atoms with Gasteiger partial charge < -0.3 is 10.4 Å². The van der Waals surface area contributed by atoms with Crippen LogP contribution in [0.25, 0.3) is 0 Å². The Morgan fingerprint density at radius 2 is 2.28 bits per heavy atom. The lowest BCUT2D eigenvalue weighted by atomic mass is 10.1. The molecule has 0 aromatic carbocycles. The molecular weight excluding hydrogens is 248 g/mol. The molecule has 94 valence electrons. The van der Waals surface area contributed by atoms with Crippen molar-refractivity contribution >= 4 is 23.1 Å². The van der Waals surface area contributed by atoms with Crippen LogP contribution in [0.1, 0.15) is 34.6 Å². The number of nitrogens with one attached hydrogen (secondary N) is 1. The number of carbonyl (C=O) groups is 1. The van der Waals surface area contributed by atoms with Gasteiger partial charge in [0, 0.05) is 5.69 Å². The van der Waals surface area contributed by atoms with Gasteiger partial charge in [0.15, 0.2) is 0 Å². The summed E-state index contributed by atoms with van der Waals surface area (Å²) in [5.41, 5.74) is 2.11. The molecule has 0 radical (unpaired) electrons. The minimum Gasteiger partial charge on any atom is -0.478 e. The highest BCUT2D eigenvalue weighted by atomic mass is 32.1. The van der Waals surface area contributed by atoms with E-state index in [1.54, 1.807) is 30.4 Å². The summed E-state index contributed by atoms with van der Waals surface area (Å²) in [6, 6.07) is 5.25. The average Bonchev–Trinajstić information content (AvgIpc) is 2.81. The first-order chi connectivity index (χ1) is 8.56. The summed E-state index contributed by atoms with van der Waals surface area (Å²) in [4.78, 5) is 15.3. The smallest absolute Gasteiger partial charge is 0.335 e. The highest BCUT2D eigenvalue weighted by Gasteiger charge is 2.10. The van der Waals surface area contributed by atoms with Crippen LogP contribution < -0.4 is 5.32 Å². The third-order valence-electron chi connectivity index (χ3n) is 2.61. The second-order valence-electron chi connectivity index (χ2n) is 4.11. The molecule has 2 N–H and O–H groups in total. The summed E-state index contributed by atoms with van der Waals surface area (Å²) in [7, 11) is 0. The summed E-state index contributed by atoms with van der Waals surface area (Å²) in [5.74, 6) is -0.349. The standard InChI is InChI=1S/C13H14N2O2S/c1-8-5-11(13(16)17)6-12(14-8)15-9(2)10-3-4-18-7-10/h3-7,9H,1-2H3,(H,14,15)(H,16,17). The van der Waals surface area contributed by atoms with Crippen LogP contribution in [0.15, 0.2) is 29.0 Å². The maximum absolute atomic E-state index is 11.0. The maximum atomic E-state index is 11.0. The lowest BCUT2D eigenvalue weighted by molar-refractivity contribution is 0.0696. The number of hydrogen-bond donors (Lipinski definition) is 2. The molecule has 0 aliphatic rings. The zero-order valence-electron chi connectivity index (χ0n) is 10.2. The van der Waals surface area contributed by atoms with Crippen LogP contribution in [-0.2, 0) is 0 Å². The number of aryl methyl sites for hydroxylation is 1. The van der Waals surface area contributed by atoms with Gasteiger partial charge in [0.1, 0.15) is 5.82 Å². The Hall–Kier alpha value is -1.88. The lowest BCUT2D eigenvalue weighted by Crippen LogP contribution is -2.09. The van der Waals surface area contributed by atoms with E-state index in [0.717, 1.165) is 0 Å². The number of thiophene rings is 1. The predicted octanol–water partition coefficient (Wildman–Crippen LogP) is 3.32. The summed E-state index contributed by atoms with van der Waals surface area (Å²) < 4.78 is 0. The molecule has 0 saturated heterocycles. The van der Waals surface area contributed by atoms with Crippen LogP contribution in [0.4, 0.5) is 5.82 Å². The van der Waals surface area contributed by atoms with Gasteiger partial charge in [-0.1, -0.05) is 0 Å². The molecule has 0 spiro atoms. The summed E-state index contributed by atoms with van der Waals surface area (Å²) in [6.07, 6.45) is 0. The first-order valence-corrected chi connectivity index (χ1v) is 6.51. The molecule has 2 heterocycles. The fourth-order valence-corrected chi connectivity index (χ4v) is 2.45. The number of pyridine rings is 1. The molecule has 2 aromatic rings. The molecule has 2 aromatic heterocycles. The molecule has 1 unspecified atom stereocenters. The third kappa shape index (κ3) is 2.87. The summed E-state index contributed by atoms with van der Waals surface area (Å²) >= 11 is 1.64. The highest BCUT2D eigenvalue weighted by Crippen LogP contribution is 2.21. The molecule has 0 saturated carbocycles. The minimum absolute atomic E-state index is 0.104. The van der Waals surface area contributed by atoms with Crippen molar-refractivity contribution in [3.05, 3.63) is 45.8 Å². The average molecular weight is 262 g/mol. The van der Waals surface area contributed by atoms with Gasteiger partial charge in [-0.2, -0.15) is 11.3 Å². The molecule has 0 aliphatic carbocycles. The molecule has 5 heteroatoms. The normalized spacial score (nSPS) is 12.1. The SMILES string of the molecule is Cc1cc(C(=O)O)cc(NC(C)c2ccsc2)n1. The zero-order chi connectivity index (χ0) is 13.1. The zero-order valence-corrected chi connectivity index (χ0v) is 11.0. The largest absolute Gasteiger partial charge is 0.478 e. The van der Waals surface area contributed by atoms with Gasteiger partial charge >= 0.3 is 5.97 Å². The van der Waals surface area contributed by atoms with Gasteiger partial charge in [-0.25, -0.2) is 9.78 Å². The Morgan fingerprint density at radius 1 is 1.50 bits per heavy atom. The molecule has 18 heavy (non-hydrogen) atoms. The van der Waals surface area contributed by atoms with Gasteiger partial charge in [-0.05, 0) is 48.4 Å². The van der Waals surface area contributed by atoms with E-state index in [4.69, 9.17) is 5.11 Å². The Bertz CT molecular complexity index is 552. The van der Waals surface area contributed by atoms with Crippen molar-refractivity contribution in [2.75, 3.05) is 5.32 Å². The van der Waals surface area contributed by atoms with E-state index in [-0.39, 0.29) is 11.6 Å². The second-order valence-corrected chi connectivity index (χ2v) is 4.89. The fourth-order valence-electron chi connectivity index (χ4n) is 1.69. The van der Waals surface area contributed by atoms with Crippen LogP contribution in [0, 0.1) is 6.92 Å². The van der Waals surface area contributed by atoms with Crippen molar-refractivity contribution in [1.29, 1.82) is 0 Å². The Morgan fingerprint density at radius 3 is 2.89 bits per heavy atom. The van der Waals surface area contributed by atoms with Crippen molar-refractivity contribution in [3.8, 4) is 0 Å². The van der Waals surface area contributed by atoms with Crippen LogP contribution in [0.3, 0.4) is 0 Å². The number of rotatable bonds is 4. The van der Waals surface area contributed by atoms with Gasteiger partial charge in [-0.3, -0.25) is 0 Å². The van der Waals surface area contributed by atoms with E-state index in [2.05, 4.69) is 15.7 Å². The molecule has 1 atom stereocenters. The summed E-state index contributed by atoms with van der Waals surface area (Å²) in [5, 5.41) is 16.3. The van der Waals surface area contributed by atoms with Crippen molar-refractivity contribution in [1.82, 2.24) is 4.98 Å². The molecule has 0 amide bonds. The topological polar surface area (TPSA) is 62.2 Å².